The standard InChI is InChI=1S/C15H29NO/c1-3-7-14(8-4-1)13-17-12-6-2-5-11-16-15-9-10-15/h14-16H,1-13H2. The van der Waals surface area contributed by atoms with Gasteiger partial charge in [0.25, 0.3) is 0 Å². The molecule has 0 amide bonds. The van der Waals surface area contributed by atoms with Crippen LogP contribution in [-0.4, -0.2) is 25.8 Å². The molecule has 0 bridgehead atoms. The highest BCUT2D eigenvalue weighted by atomic mass is 16.5. The van der Waals surface area contributed by atoms with E-state index in [0.29, 0.717) is 0 Å². The van der Waals surface area contributed by atoms with E-state index in [0.717, 1.165) is 25.2 Å². The molecule has 2 aliphatic carbocycles. The van der Waals surface area contributed by atoms with Crippen LogP contribution in [0.15, 0.2) is 0 Å². The molecule has 2 saturated carbocycles. The number of unbranched alkanes of at least 4 members (excludes halogenated alkanes) is 2. The molecule has 2 nitrogen and oxygen atoms in total. The van der Waals surface area contributed by atoms with Gasteiger partial charge in [0.15, 0.2) is 0 Å². The third-order valence-corrected chi connectivity index (χ3v) is 4.05. The van der Waals surface area contributed by atoms with Gasteiger partial charge < -0.3 is 10.1 Å². The van der Waals surface area contributed by atoms with Crippen molar-refractivity contribution < 1.29 is 4.74 Å². The van der Waals surface area contributed by atoms with Gasteiger partial charge in [0, 0.05) is 19.3 Å². The second-order valence-electron chi connectivity index (χ2n) is 5.87. The summed E-state index contributed by atoms with van der Waals surface area (Å²) in [6.07, 6.45) is 13.8. The lowest BCUT2D eigenvalue weighted by atomic mass is 9.90. The van der Waals surface area contributed by atoms with Crippen LogP contribution in [0.3, 0.4) is 0 Å². The van der Waals surface area contributed by atoms with Crippen molar-refractivity contribution in [2.45, 2.75) is 70.3 Å². The predicted octanol–water partition coefficient (Wildman–Crippen LogP) is 3.51. The Bertz CT molecular complexity index is 185. The topological polar surface area (TPSA) is 21.3 Å². The zero-order valence-electron chi connectivity index (χ0n) is 11.3. The molecular formula is C15H29NO. The Balaban J connectivity index is 1.31. The number of hydrogen-bond donors (Lipinski definition) is 1. The van der Waals surface area contributed by atoms with Crippen LogP contribution in [0.4, 0.5) is 0 Å². The van der Waals surface area contributed by atoms with Crippen LogP contribution >= 0.6 is 0 Å². The lowest BCUT2D eigenvalue weighted by Crippen LogP contribution is -2.17. The number of hydrogen-bond acceptors (Lipinski definition) is 2. The summed E-state index contributed by atoms with van der Waals surface area (Å²) in [6.45, 7) is 3.23. The van der Waals surface area contributed by atoms with Crippen molar-refractivity contribution >= 4 is 0 Å². The maximum absolute atomic E-state index is 5.79. The van der Waals surface area contributed by atoms with Crippen LogP contribution in [0.1, 0.15) is 64.2 Å². The van der Waals surface area contributed by atoms with E-state index in [1.165, 1.54) is 70.8 Å². The van der Waals surface area contributed by atoms with Gasteiger partial charge in [-0.2, -0.15) is 0 Å². The average molecular weight is 239 g/mol. The predicted molar refractivity (Wildman–Crippen MR) is 72.3 cm³/mol. The monoisotopic (exact) mass is 239 g/mol. The summed E-state index contributed by atoms with van der Waals surface area (Å²) in [5.74, 6) is 0.875. The van der Waals surface area contributed by atoms with Gasteiger partial charge in [0.1, 0.15) is 0 Å². The summed E-state index contributed by atoms with van der Waals surface area (Å²) in [5, 5.41) is 3.56. The third kappa shape index (κ3) is 6.42. The molecule has 0 radical (unpaired) electrons. The van der Waals surface area contributed by atoms with Crippen LogP contribution in [0, 0.1) is 5.92 Å². The quantitative estimate of drug-likeness (QED) is 0.622. The van der Waals surface area contributed by atoms with Gasteiger partial charge in [-0.3, -0.25) is 0 Å². The largest absolute Gasteiger partial charge is 0.381 e. The molecule has 0 aliphatic heterocycles. The van der Waals surface area contributed by atoms with Crippen molar-refractivity contribution in [3.8, 4) is 0 Å². The van der Waals surface area contributed by atoms with Crippen LogP contribution in [0.2, 0.25) is 0 Å². The zero-order chi connectivity index (χ0) is 11.8. The van der Waals surface area contributed by atoms with Crippen LogP contribution in [-0.2, 0) is 4.74 Å². The fourth-order valence-electron chi connectivity index (χ4n) is 2.70. The first-order valence-electron chi connectivity index (χ1n) is 7.76. The van der Waals surface area contributed by atoms with E-state index in [1.807, 2.05) is 0 Å². The van der Waals surface area contributed by atoms with E-state index in [1.54, 1.807) is 0 Å². The minimum atomic E-state index is 0.873. The molecule has 0 spiro atoms. The smallest absolute Gasteiger partial charge is 0.0494 e. The average Bonchev–Trinajstić information content (AvgIpc) is 3.18. The van der Waals surface area contributed by atoms with Crippen molar-refractivity contribution in [2.24, 2.45) is 5.92 Å². The molecule has 0 saturated heterocycles. The van der Waals surface area contributed by atoms with Gasteiger partial charge in [0.2, 0.25) is 0 Å². The van der Waals surface area contributed by atoms with Crippen LogP contribution in [0.25, 0.3) is 0 Å². The normalized spacial score (nSPS) is 21.9. The van der Waals surface area contributed by atoms with Gasteiger partial charge in [-0.1, -0.05) is 19.3 Å². The van der Waals surface area contributed by atoms with E-state index < -0.39 is 0 Å². The van der Waals surface area contributed by atoms with Crippen molar-refractivity contribution in [1.82, 2.24) is 5.32 Å². The number of nitrogens with one attached hydrogen (secondary N) is 1. The van der Waals surface area contributed by atoms with Crippen molar-refractivity contribution in [2.75, 3.05) is 19.8 Å². The molecule has 0 aromatic rings. The van der Waals surface area contributed by atoms with Crippen molar-refractivity contribution in [3.05, 3.63) is 0 Å². The van der Waals surface area contributed by atoms with Gasteiger partial charge in [-0.25, -0.2) is 0 Å². The molecule has 2 rings (SSSR count). The number of ether oxygens (including phenoxy) is 1. The Morgan fingerprint density at radius 2 is 1.71 bits per heavy atom. The fraction of sp³-hybridized carbons (Fsp3) is 1.00. The Hall–Kier alpha value is -0.0800. The summed E-state index contributed by atoms with van der Waals surface area (Å²) < 4.78 is 5.79. The lowest BCUT2D eigenvalue weighted by molar-refractivity contribution is 0.0825. The maximum atomic E-state index is 5.79. The molecule has 0 atom stereocenters. The SMILES string of the molecule is C(CCNC1CC1)CCOCC1CCCCC1. The molecule has 0 heterocycles. The first kappa shape index (κ1) is 13.4. The highest BCUT2D eigenvalue weighted by Gasteiger charge is 2.19. The van der Waals surface area contributed by atoms with Crippen LogP contribution in [0.5, 0.6) is 0 Å². The molecule has 0 unspecified atom stereocenters. The molecule has 2 fully saturated rings. The zero-order valence-corrected chi connectivity index (χ0v) is 11.3. The summed E-state index contributed by atoms with van der Waals surface area (Å²) in [7, 11) is 0. The second-order valence-corrected chi connectivity index (χ2v) is 5.87. The first-order chi connectivity index (χ1) is 8.45. The fourth-order valence-corrected chi connectivity index (χ4v) is 2.70. The Morgan fingerprint density at radius 3 is 2.47 bits per heavy atom. The summed E-state index contributed by atoms with van der Waals surface area (Å²) >= 11 is 0. The van der Waals surface area contributed by atoms with Gasteiger partial charge in [-0.05, 0) is 57.4 Å². The van der Waals surface area contributed by atoms with Crippen molar-refractivity contribution in [1.29, 1.82) is 0 Å². The summed E-state index contributed by atoms with van der Waals surface area (Å²) in [4.78, 5) is 0. The van der Waals surface area contributed by atoms with Crippen LogP contribution < -0.4 is 5.32 Å². The molecule has 0 aromatic carbocycles. The van der Waals surface area contributed by atoms with E-state index in [2.05, 4.69) is 5.32 Å². The molecule has 0 aromatic heterocycles. The Labute approximate surface area is 107 Å². The van der Waals surface area contributed by atoms with Gasteiger partial charge >= 0.3 is 0 Å². The summed E-state index contributed by atoms with van der Waals surface area (Å²) in [6, 6.07) is 0.873. The highest BCUT2D eigenvalue weighted by Crippen LogP contribution is 2.23. The second kappa shape index (κ2) is 8.10. The minimum absolute atomic E-state index is 0.873. The van der Waals surface area contributed by atoms with Gasteiger partial charge in [-0.15, -0.1) is 0 Å². The first-order valence-corrected chi connectivity index (χ1v) is 7.76. The molecule has 1 N–H and O–H groups in total. The van der Waals surface area contributed by atoms with Crippen molar-refractivity contribution in [3.63, 3.8) is 0 Å². The third-order valence-electron chi connectivity index (χ3n) is 4.05. The molecule has 100 valence electrons. The Morgan fingerprint density at radius 1 is 0.882 bits per heavy atom. The number of rotatable bonds is 9. The maximum Gasteiger partial charge on any atom is 0.0494 e. The molecule has 2 aliphatic rings. The lowest BCUT2D eigenvalue weighted by Gasteiger charge is -2.21. The minimum Gasteiger partial charge on any atom is -0.381 e. The van der Waals surface area contributed by atoms with Gasteiger partial charge in [0.05, 0.1) is 0 Å². The molecule has 2 heteroatoms. The van der Waals surface area contributed by atoms with E-state index in [-0.39, 0.29) is 0 Å². The summed E-state index contributed by atoms with van der Waals surface area (Å²) in [5.41, 5.74) is 0. The van der Waals surface area contributed by atoms with E-state index >= 15 is 0 Å². The highest BCUT2D eigenvalue weighted by molar-refractivity contribution is 4.80. The van der Waals surface area contributed by atoms with E-state index in [4.69, 9.17) is 4.74 Å². The Kier molecular flexibility index (Phi) is 6.36. The van der Waals surface area contributed by atoms with E-state index in [9.17, 15) is 0 Å². The molecule has 17 heavy (non-hydrogen) atoms. The molecular weight excluding hydrogens is 210 g/mol.